The number of aromatic nitrogens is 2. The summed E-state index contributed by atoms with van der Waals surface area (Å²) in [6.07, 6.45) is 11.1. The minimum absolute atomic E-state index is 0.114. The zero-order chi connectivity index (χ0) is 44.7. The second kappa shape index (κ2) is 18.3. The van der Waals surface area contributed by atoms with E-state index in [-0.39, 0.29) is 43.2 Å². The van der Waals surface area contributed by atoms with Gasteiger partial charge in [-0.1, -0.05) is 62.1 Å². The zero-order valence-corrected chi connectivity index (χ0v) is 37.0. The second-order valence-electron chi connectivity index (χ2n) is 19.4. The summed E-state index contributed by atoms with van der Waals surface area (Å²) in [7, 11) is 0. The fraction of sp³-hybridized carbons (Fsp3) is 0.551. The van der Waals surface area contributed by atoms with E-state index < -0.39 is 59.4 Å². The van der Waals surface area contributed by atoms with Crippen LogP contribution in [0.2, 0.25) is 0 Å². The SMILES string of the molecule is O=C1NC2(CCCC2)C(=O)N[C@@H](Cc2c[nH]c3ccccc23)C(=O)N[C@@H](CN2CCNCC2)C(=O)N2CCC[C@@H]2C(=O)N2[C@@H](C[C@@H]3CCCC[C@@H]32)C(=O)N[C@H]1Cc1c[nH]c2ccccc12. The van der Waals surface area contributed by atoms with Crippen molar-refractivity contribution in [2.75, 3.05) is 39.3 Å². The van der Waals surface area contributed by atoms with Crippen molar-refractivity contribution in [3.05, 3.63) is 72.1 Å². The van der Waals surface area contributed by atoms with E-state index in [1.165, 1.54) is 0 Å². The summed E-state index contributed by atoms with van der Waals surface area (Å²) in [5, 5.41) is 17.7. The molecule has 7 atom stereocenters. The van der Waals surface area contributed by atoms with Gasteiger partial charge in [-0.25, -0.2) is 0 Å². The molecule has 10 rings (SSSR count). The molecule has 0 bridgehead atoms. The normalized spacial score (nSPS) is 29.5. The molecule has 1 spiro atoms. The Hall–Kier alpha value is -5.74. The van der Waals surface area contributed by atoms with Crippen LogP contribution < -0.4 is 26.6 Å². The summed E-state index contributed by atoms with van der Waals surface area (Å²) >= 11 is 0. The van der Waals surface area contributed by atoms with Gasteiger partial charge in [-0.15, -0.1) is 0 Å². The highest BCUT2D eigenvalue weighted by Crippen LogP contribution is 2.41. The maximum absolute atomic E-state index is 15.2. The van der Waals surface area contributed by atoms with E-state index in [1.54, 1.807) is 9.80 Å². The highest BCUT2D eigenvalue weighted by molar-refractivity contribution is 6.00. The number of hydrogen-bond donors (Lipinski definition) is 7. The lowest BCUT2D eigenvalue weighted by molar-refractivity contribution is -0.150. The average Bonchev–Trinajstić information content (AvgIpc) is 4.19. The molecular formula is C49H62N10O6. The van der Waals surface area contributed by atoms with Crippen LogP contribution in [0.5, 0.6) is 0 Å². The van der Waals surface area contributed by atoms with Gasteiger partial charge < -0.3 is 46.4 Å². The Morgan fingerprint density at radius 1 is 0.600 bits per heavy atom. The van der Waals surface area contributed by atoms with Crippen molar-refractivity contribution in [3.63, 3.8) is 0 Å². The maximum Gasteiger partial charge on any atom is 0.247 e. The van der Waals surface area contributed by atoms with E-state index in [9.17, 15) is 19.2 Å². The fourth-order valence-corrected chi connectivity index (χ4v) is 12.0. The number of H-pyrrole nitrogens is 2. The van der Waals surface area contributed by atoms with Crippen LogP contribution in [0.15, 0.2) is 60.9 Å². The van der Waals surface area contributed by atoms with Gasteiger partial charge in [0.25, 0.3) is 0 Å². The first kappa shape index (κ1) is 43.2. The third-order valence-electron chi connectivity index (χ3n) is 15.4. The van der Waals surface area contributed by atoms with Crippen molar-refractivity contribution in [3.8, 4) is 0 Å². The highest BCUT2D eigenvalue weighted by atomic mass is 16.2. The van der Waals surface area contributed by atoms with Gasteiger partial charge in [-0.05, 0) is 74.1 Å². The van der Waals surface area contributed by atoms with Gasteiger partial charge >= 0.3 is 0 Å². The van der Waals surface area contributed by atoms with Gasteiger partial charge in [0, 0.05) is 92.4 Å². The Morgan fingerprint density at radius 3 is 1.92 bits per heavy atom. The number of aromatic amines is 2. The van der Waals surface area contributed by atoms with Gasteiger partial charge in [0.1, 0.15) is 35.7 Å². The number of nitrogens with one attached hydrogen (secondary N) is 7. The number of nitrogens with zero attached hydrogens (tertiary/aromatic N) is 3. The van der Waals surface area contributed by atoms with Gasteiger partial charge in [0.15, 0.2) is 0 Å². The molecule has 65 heavy (non-hydrogen) atoms. The Morgan fingerprint density at radius 2 is 1.23 bits per heavy atom. The number of piperazine rings is 1. The van der Waals surface area contributed by atoms with Gasteiger partial charge in [-0.3, -0.25) is 33.7 Å². The lowest BCUT2D eigenvalue weighted by Crippen LogP contribution is -2.66. The van der Waals surface area contributed by atoms with Crippen LogP contribution >= 0.6 is 0 Å². The molecule has 4 aromatic rings. The molecule has 2 aliphatic carbocycles. The number of fused-ring (bicyclic) bond motifs is 6. The molecule has 6 aliphatic rings. The van der Waals surface area contributed by atoms with Gasteiger partial charge in [0.05, 0.1) is 0 Å². The summed E-state index contributed by atoms with van der Waals surface area (Å²) in [4.78, 5) is 102. The number of carbonyl (C=O) groups excluding carboxylic acids is 6. The van der Waals surface area contributed by atoms with Crippen LogP contribution in [0.4, 0.5) is 0 Å². The molecule has 6 fully saturated rings. The topological polar surface area (TPSA) is 204 Å². The highest BCUT2D eigenvalue weighted by Gasteiger charge is 2.52. The van der Waals surface area contributed by atoms with E-state index in [4.69, 9.17) is 0 Å². The van der Waals surface area contributed by atoms with Crippen LogP contribution in [0.25, 0.3) is 21.8 Å². The number of carbonyl (C=O) groups is 6. The van der Waals surface area contributed by atoms with Gasteiger partial charge in [-0.2, -0.15) is 0 Å². The Kier molecular flexibility index (Phi) is 12.1. The average molecular weight is 887 g/mol. The Bertz CT molecular complexity index is 2450. The third-order valence-corrected chi connectivity index (χ3v) is 15.4. The van der Waals surface area contributed by atoms with Crippen molar-refractivity contribution in [2.45, 2.75) is 125 Å². The molecule has 4 saturated heterocycles. The number of hydrogen-bond acceptors (Lipinski definition) is 8. The minimum atomic E-state index is -1.37. The van der Waals surface area contributed by atoms with E-state index in [1.807, 2.05) is 60.9 Å². The predicted octanol–water partition coefficient (Wildman–Crippen LogP) is 2.39. The summed E-state index contributed by atoms with van der Waals surface area (Å²) in [5.41, 5.74) is 2.04. The predicted molar refractivity (Wildman–Crippen MR) is 244 cm³/mol. The van der Waals surface area contributed by atoms with E-state index in [0.717, 1.165) is 71.7 Å². The minimum Gasteiger partial charge on any atom is -0.361 e. The quantitative estimate of drug-likeness (QED) is 0.153. The number of para-hydroxylation sites is 2. The first-order valence-electron chi connectivity index (χ1n) is 24.1. The number of rotatable bonds is 6. The molecule has 6 amide bonds. The summed E-state index contributed by atoms with van der Waals surface area (Å²) in [6.45, 7) is 3.39. The van der Waals surface area contributed by atoms with E-state index in [0.29, 0.717) is 64.6 Å². The summed E-state index contributed by atoms with van der Waals surface area (Å²) < 4.78 is 0. The van der Waals surface area contributed by atoms with Crippen LogP contribution in [0.1, 0.15) is 81.8 Å². The van der Waals surface area contributed by atoms with Gasteiger partial charge in [0.2, 0.25) is 35.4 Å². The lowest BCUT2D eigenvalue weighted by atomic mass is 9.84. The second-order valence-corrected chi connectivity index (χ2v) is 19.4. The molecule has 344 valence electrons. The molecule has 2 saturated carbocycles. The van der Waals surface area contributed by atoms with Crippen molar-refractivity contribution in [1.29, 1.82) is 0 Å². The largest absolute Gasteiger partial charge is 0.361 e. The van der Waals surface area contributed by atoms with E-state index in [2.05, 4.69) is 41.5 Å². The molecule has 6 heterocycles. The first-order valence-corrected chi connectivity index (χ1v) is 24.1. The molecule has 16 nitrogen and oxygen atoms in total. The van der Waals surface area contributed by atoms with E-state index >= 15 is 9.59 Å². The summed E-state index contributed by atoms with van der Waals surface area (Å²) in [6, 6.07) is 10.5. The van der Waals surface area contributed by atoms with Crippen LogP contribution in [-0.4, -0.2) is 141 Å². The van der Waals surface area contributed by atoms with Crippen molar-refractivity contribution in [2.24, 2.45) is 5.92 Å². The summed E-state index contributed by atoms with van der Waals surface area (Å²) in [5.74, 6) is -2.38. The molecule has 4 aliphatic heterocycles. The number of benzene rings is 2. The first-order chi connectivity index (χ1) is 31.7. The molecule has 16 heteroatoms. The smallest absolute Gasteiger partial charge is 0.247 e. The molecule has 0 radical (unpaired) electrons. The third kappa shape index (κ3) is 8.50. The number of amides is 6. The monoisotopic (exact) mass is 886 g/mol. The van der Waals surface area contributed by atoms with Crippen molar-refractivity contribution >= 4 is 57.2 Å². The zero-order valence-electron chi connectivity index (χ0n) is 37.0. The molecule has 7 N–H and O–H groups in total. The van der Waals surface area contributed by atoms with Crippen molar-refractivity contribution in [1.82, 2.24) is 51.3 Å². The Labute approximate surface area is 378 Å². The van der Waals surface area contributed by atoms with Crippen LogP contribution in [0, 0.1) is 5.92 Å². The Balaban J connectivity index is 1.05. The lowest BCUT2D eigenvalue weighted by Gasteiger charge is -2.39. The molecule has 0 unspecified atom stereocenters. The standard InChI is InChI=1S/C49H62N10O6/c60-43-37(24-31-27-51-35-13-4-2-11-33(31)35)55-48(65)49(17-7-8-18-49)56-44(61)38(25-32-28-52-36-14-5-3-12-34(32)36)53-45(62)42-26-30-10-1-6-15-40(30)59(42)47(64)41-16-9-21-58(41)46(63)39(54-43)29-57-22-19-50-20-23-57/h2-5,11-14,27-28,30,37-42,50-52H,1,6-10,15-26,29H2,(H,53,62)(H,54,60)(H,55,65)(H,56,61)/t30-,37-,38-,39-,40-,41+,42-/m0/s1. The molecular weight excluding hydrogens is 825 g/mol. The van der Waals surface area contributed by atoms with Crippen LogP contribution in [0.3, 0.4) is 0 Å². The van der Waals surface area contributed by atoms with Crippen LogP contribution in [-0.2, 0) is 41.6 Å². The molecule has 2 aromatic heterocycles. The van der Waals surface area contributed by atoms with Crippen molar-refractivity contribution < 1.29 is 28.8 Å². The maximum atomic E-state index is 15.2. The molecule has 2 aromatic carbocycles. The fourth-order valence-electron chi connectivity index (χ4n) is 12.0.